The van der Waals surface area contributed by atoms with E-state index in [2.05, 4.69) is 5.32 Å². The van der Waals surface area contributed by atoms with Gasteiger partial charge in [0.2, 0.25) is 15.9 Å². The molecule has 0 spiro atoms. The zero-order valence-corrected chi connectivity index (χ0v) is 19.9. The Balaban J connectivity index is 1.46. The van der Waals surface area contributed by atoms with Crippen LogP contribution in [-0.2, 0) is 28.4 Å². The average molecular weight is 472 g/mol. The Kier molecular flexibility index (Phi) is 6.62. The third-order valence-corrected chi connectivity index (χ3v) is 8.05. The van der Waals surface area contributed by atoms with Crippen molar-refractivity contribution in [2.24, 2.45) is 13.0 Å². The number of aromatic nitrogens is 1. The second-order valence-electron chi connectivity index (χ2n) is 8.22. The Bertz CT molecular complexity index is 1270. The lowest BCUT2D eigenvalue weighted by Gasteiger charge is -2.31. The molecular formula is C24H29N3O5S. The van der Waals surface area contributed by atoms with Gasteiger partial charge in [0.05, 0.1) is 25.0 Å². The maximum Gasteiger partial charge on any atom is 0.243 e. The summed E-state index contributed by atoms with van der Waals surface area (Å²) in [6.45, 7) is 0.839. The lowest BCUT2D eigenvalue weighted by molar-refractivity contribution is -0.126. The van der Waals surface area contributed by atoms with Crippen LogP contribution in [0.15, 0.2) is 53.6 Å². The fourth-order valence-electron chi connectivity index (χ4n) is 4.36. The van der Waals surface area contributed by atoms with Crippen LogP contribution in [0.5, 0.6) is 11.5 Å². The van der Waals surface area contributed by atoms with Crippen molar-refractivity contribution in [2.75, 3.05) is 27.3 Å². The van der Waals surface area contributed by atoms with Crippen LogP contribution in [0.1, 0.15) is 18.4 Å². The Morgan fingerprint density at radius 3 is 2.73 bits per heavy atom. The van der Waals surface area contributed by atoms with Gasteiger partial charge in [-0.25, -0.2) is 8.42 Å². The molecule has 9 heteroatoms. The molecule has 0 aliphatic carbocycles. The van der Waals surface area contributed by atoms with Crippen LogP contribution in [0, 0.1) is 5.92 Å². The molecule has 1 aliphatic rings. The fraction of sp³-hybridized carbons (Fsp3) is 0.375. The minimum absolute atomic E-state index is 0.163. The highest BCUT2D eigenvalue weighted by Crippen LogP contribution is 2.31. The Morgan fingerprint density at radius 2 is 1.97 bits per heavy atom. The highest BCUT2D eigenvalue weighted by molar-refractivity contribution is 7.89. The molecule has 1 N–H and O–H groups in total. The molecule has 1 amide bonds. The van der Waals surface area contributed by atoms with Crippen molar-refractivity contribution in [3.05, 3.63) is 54.2 Å². The number of carbonyl (C=O) groups excluding carboxylic acids is 1. The average Bonchev–Trinajstić information content (AvgIpc) is 3.22. The van der Waals surface area contributed by atoms with Gasteiger partial charge in [-0.3, -0.25) is 4.79 Å². The normalized spacial score (nSPS) is 17.1. The van der Waals surface area contributed by atoms with Gasteiger partial charge < -0.3 is 19.4 Å². The van der Waals surface area contributed by atoms with Crippen molar-refractivity contribution < 1.29 is 22.7 Å². The number of para-hydroxylation sites is 1. The van der Waals surface area contributed by atoms with E-state index in [1.807, 2.05) is 42.1 Å². The van der Waals surface area contributed by atoms with E-state index in [9.17, 15) is 13.2 Å². The van der Waals surface area contributed by atoms with Gasteiger partial charge in [-0.15, -0.1) is 0 Å². The number of aryl methyl sites for hydroxylation is 1. The highest BCUT2D eigenvalue weighted by Gasteiger charge is 2.33. The standard InChI is InChI=1S/C24H29N3O5S/c1-26-13-11-17-14-20(9-10-21(17)26)33(29,30)27-12-5-7-19(16-27)24(28)25-15-18-6-4-8-22(31-2)23(18)32-3/h4,6,8-11,13-14,19H,5,7,12,15-16H2,1-3H3,(H,25,28)/t19-/m0/s1. The molecule has 2 heterocycles. The number of fused-ring (bicyclic) bond motifs is 1. The van der Waals surface area contributed by atoms with Gasteiger partial charge in [0.15, 0.2) is 11.5 Å². The summed E-state index contributed by atoms with van der Waals surface area (Å²) in [7, 11) is 1.35. The Hall–Kier alpha value is -3.04. The molecule has 0 radical (unpaired) electrons. The number of methoxy groups -OCH3 is 2. The van der Waals surface area contributed by atoms with E-state index in [-0.39, 0.29) is 23.9 Å². The monoisotopic (exact) mass is 471 g/mol. The van der Waals surface area contributed by atoms with E-state index >= 15 is 0 Å². The quantitative estimate of drug-likeness (QED) is 0.572. The summed E-state index contributed by atoms with van der Waals surface area (Å²) in [5, 5.41) is 3.81. The van der Waals surface area contributed by atoms with Gasteiger partial charge in [0, 0.05) is 49.3 Å². The summed E-state index contributed by atoms with van der Waals surface area (Å²) in [6, 6.07) is 12.5. The number of sulfonamides is 1. The smallest absolute Gasteiger partial charge is 0.243 e. The summed E-state index contributed by atoms with van der Waals surface area (Å²) < 4.78 is 40.7. The Morgan fingerprint density at radius 1 is 1.15 bits per heavy atom. The van der Waals surface area contributed by atoms with E-state index in [4.69, 9.17) is 9.47 Å². The van der Waals surface area contributed by atoms with Crippen molar-refractivity contribution in [3.8, 4) is 11.5 Å². The summed E-state index contributed by atoms with van der Waals surface area (Å²) in [4.78, 5) is 13.2. The first-order valence-corrected chi connectivity index (χ1v) is 12.3. The first kappa shape index (κ1) is 23.1. The number of piperidine rings is 1. The molecule has 3 aromatic rings. The second-order valence-corrected chi connectivity index (χ2v) is 10.2. The molecule has 1 saturated heterocycles. The number of ether oxygens (including phenoxy) is 2. The number of carbonyl (C=O) groups is 1. The number of hydrogen-bond acceptors (Lipinski definition) is 5. The lowest BCUT2D eigenvalue weighted by atomic mass is 9.98. The number of benzene rings is 2. The van der Waals surface area contributed by atoms with Crippen LogP contribution in [0.4, 0.5) is 0 Å². The molecule has 0 bridgehead atoms. The molecule has 4 rings (SSSR count). The molecular weight excluding hydrogens is 442 g/mol. The number of hydrogen-bond donors (Lipinski definition) is 1. The molecule has 33 heavy (non-hydrogen) atoms. The van der Waals surface area contributed by atoms with Crippen molar-refractivity contribution in [3.63, 3.8) is 0 Å². The third-order valence-electron chi connectivity index (χ3n) is 6.19. The number of amides is 1. The lowest BCUT2D eigenvalue weighted by Crippen LogP contribution is -2.45. The number of rotatable bonds is 7. The maximum absolute atomic E-state index is 13.3. The SMILES string of the molecule is COc1cccc(CNC(=O)[C@H]2CCCN(S(=O)(=O)c3ccc4c(ccn4C)c3)C2)c1OC. The molecule has 2 aromatic carbocycles. The summed E-state index contributed by atoms with van der Waals surface area (Å²) in [5.41, 5.74) is 1.76. The van der Waals surface area contributed by atoms with Crippen LogP contribution in [0.25, 0.3) is 10.9 Å². The molecule has 8 nitrogen and oxygen atoms in total. The zero-order valence-electron chi connectivity index (χ0n) is 19.1. The molecule has 0 unspecified atom stereocenters. The second kappa shape index (κ2) is 9.44. The first-order valence-electron chi connectivity index (χ1n) is 10.9. The minimum Gasteiger partial charge on any atom is -0.493 e. The van der Waals surface area contributed by atoms with Crippen molar-refractivity contribution >= 4 is 26.8 Å². The van der Waals surface area contributed by atoms with E-state index in [0.29, 0.717) is 30.9 Å². The van der Waals surface area contributed by atoms with Crippen LogP contribution < -0.4 is 14.8 Å². The van der Waals surface area contributed by atoms with Crippen LogP contribution in [0.2, 0.25) is 0 Å². The highest BCUT2D eigenvalue weighted by atomic mass is 32.2. The summed E-state index contributed by atoms with van der Waals surface area (Å²) in [6.07, 6.45) is 3.18. The summed E-state index contributed by atoms with van der Waals surface area (Å²) in [5.74, 6) is 0.586. The van der Waals surface area contributed by atoms with Gasteiger partial charge >= 0.3 is 0 Å². The van der Waals surface area contributed by atoms with Gasteiger partial charge in [-0.1, -0.05) is 12.1 Å². The number of nitrogens with zero attached hydrogens (tertiary/aromatic N) is 2. The first-order chi connectivity index (χ1) is 15.8. The van der Waals surface area contributed by atoms with Crippen LogP contribution in [-0.4, -0.2) is 50.5 Å². The predicted octanol–water partition coefficient (Wildman–Crippen LogP) is 2.91. The molecule has 1 atom stereocenters. The van der Waals surface area contributed by atoms with E-state index < -0.39 is 15.9 Å². The zero-order chi connectivity index (χ0) is 23.6. The third kappa shape index (κ3) is 4.56. The number of nitrogens with one attached hydrogen (secondary N) is 1. The Labute approximate surface area is 194 Å². The van der Waals surface area contributed by atoms with E-state index in [0.717, 1.165) is 16.5 Å². The summed E-state index contributed by atoms with van der Waals surface area (Å²) >= 11 is 0. The predicted molar refractivity (Wildman–Crippen MR) is 126 cm³/mol. The van der Waals surface area contributed by atoms with Crippen LogP contribution >= 0.6 is 0 Å². The fourth-order valence-corrected chi connectivity index (χ4v) is 5.92. The van der Waals surface area contributed by atoms with Crippen LogP contribution in [0.3, 0.4) is 0 Å². The largest absolute Gasteiger partial charge is 0.493 e. The van der Waals surface area contributed by atoms with Gasteiger partial charge in [-0.2, -0.15) is 4.31 Å². The molecule has 1 aromatic heterocycles. The topological polar surface area (TPSA) is 89.9 Å². The van der Waals surface area contributed by atoms with E-state index in [1.54, 1.807) is 32.4 Å². The van der Waals surface area contributed by atoms with Crippen molar-refractivity contribution in [2.45, 2.75) is 24.3 Å². The molecule has 1 aliphatic heterocycles. The minimum atomic E-state index is -3.69. The molecule has 176 valence electrons. The molecule has 0 saturated carbocycles. The van der Waals surface area contributed by atoms with Crippen molar-refractivity contribution in [1.29, 1.82) is 0 Å². The van der Waals surface area contributed by atoms with Gasteiger partial charge in [-0.05, 0) is 43.2 Å². The molecule has 1 fully saturated rings. The maximum atomic E-state index is 13.3. The van der Waals surface area contributed by atoms with Gasteiger partial charge in [0.25, 0.3) is 0 Å². The van der Waals surface area contributed by atoms with Crippen molar-refractivity contribution in [1.82, 2.24) is 14.2 Å². The van der Waals surface area contributed by atoms with Gasteiger partial charge in [0.1, 0.15) is 0 Å². The van der Waals surface area contributed by atoms with E-state index in [1.165, 1.54) is 4.31 Å².